The van der Waals surface area contributed by atoms with E-state index in [1.165, 1.54) is 19.2 Å². The molecule has 1 fully saturated rings. The SMILES string of the molecule is COc1ccc(C(=O)N2CCO[C@@H](c3ccncc3)C2)cc1F. The number of carbonyl (C=O) groups is 1. The molecule has 2 heterocycles. The maximum Gasteiger partial charge on any atom is 0.254 e. The van der Waals surface area contributed by atoms with Crippen molar-refractivity contribution in [2.45, 2.75) is 6.10 Å². The Morgan fingerprint density at radius 3 is 2.83 bits per heavy atom. The van der Waals surface area contributed by atoms with Gasteiger partial charge in [0.15, 0.2) is 11.6 Å². The minimum Gasteiger partial charge on any atom is -0.494 e. The summed E-state index contributed by atoms with van der Waals surface area (Å²) in [6, 6.07) is 7.97. The highest BCUT2D eigenvalue weighted by molar-refractivity contribution is 5.94. The summed E-state index contributed by atoms with van der Waals surface area (Å²) in [4.78, 5) is 18.2. The number of ether oxygens (including phenoxy) is 2. The summed E-state index contributed by atoms with van der Waals surface area (Å²) in [5.74, 6) is -0.635. The van der Waals surface area contributed by atoms with E-state index in [0.717, 1.165) is 5.56 Å². The number of benzene rings is 1. The maximum absolute atomic E-state index is 13.8. The smallest absolute Gasteiger partial charge is 0.254 e. The molecule has 1 aliphatic heterocycles. The summed E-state index contributed by atoms with van der Waals surface area (Å²) < 4.78 is 24.4. The van der Waals surface area contributed by atoms with Crippen LogP contribution in [0.1, 0.15) is 22.0 Å². The van der Waals surface area contributed by atoms with Gasteiger partial charge in [0, 0.05) is 24.5 Å². The average molecular weight is 316 g/mol. The molecule has 1 amide bonds. The first-order valence-electron chi connectivity index (χ1n) is 7.33. The Kier molecular flexibility index (Phi) is 4.52. The third-order valence-corrected chi connectivity index (χ3v) is 3.83. The number of nitrogens with zero attached hydrogens (tertiary/aromatic N) is 2. The lowest BCUT2D eigenvalue weighted by molar-refractivity contribution is -0.0228. The molecular weight excluding hydrogens is 299 g/mol. The normalized spacial score (nSPS) is 17.8. The van der Waals surface area contributed by atoms with Crippen LogP contribution in [0.3, 0.4) is 0 Å². The van der Waals surface area contributed by atoms with Gasteiger partial charge in [-0.05, 0) is 35.9 Å². The van der Waals surface area contributed by atoms with E-state index >= 15 is 0 Å². The van der Waals surface area contributed by atoms with Crippen molar-refractivity contribution in [3.8, 4) is 5.75 Å². The molecule has 0 unspecified atom stereocenters. The molecule has 0 aliphatic carbocycles. The lowest BCUT2D eigenvalue weighted by Gasteiger charge is -2.33. The Morgan fingerprint density at radius 2 is 2.13 bits per heavy atom. The highest BCUT2D eigenvalue weighted by atomic mass is 19.1. The standard InChI is InChI=1S/C17H17FN2O3/c1-22-15-3-2-13(10-14(15)18)17(21)20-8-9-23-16(11-20)12-4-6-19-7-5-12/h2-7,10,16H,8-9,11H2,1H3/t16-/m1/s1. The maximum atomic E-state index is 13.8. The molecular formula is C17H17FN2O3. The predicted molar refractivity (Wildman–Crippen MR) is 81.8 cm³/mol. The van der Waals surface area contributed by atoms with Gasteiger partial charge >= 0.3 is 0 Å². The molecule has 0 radical (unpaired) electrons. The van der Waals surface area contributed by atoms with Crippen molar-refractivity contribution in [2.75, 3.05) is 26.8 Å². The molecule has 6 heteroatoms. The van der Waals surface area contributed by atoms with Crippen molar-refractivity contribution in [1.82, 2.24) is 9.88 Å². The average Bonchev–Trinajstić information content (AvgIpc) is 2.62. The first kappa shape index (κ1) is 15.4. The van der Waals surface area contributed by atoms with Gasteiger partial charge in [-0.15, -0.1) is 0 Å². The number of hydrogen-bond acceptors (Lipinski definition) is 4. The van der Waals surface area contributed by atoms with Crippen LogP contribution >= 0.6 is 0 Å². The van der Waals surface area contributed by atoms with E-state index in [0.29, 0.717) is 25.3 Å². The van der Waals surface area contributed by atoms with Gasteiger partial charge in [0.1, 0.15) is 6.10 Å². The zero-order valence-corrected chi connectivity index (χ0v) is 12.7. The molecule has 1 saturated heterocycles. The fourth-order valence-electron chi connectivity index (χ4n) is 2.60. The molecule has 1 aliphatic rings. The number of pyridine rings is 1. The van der Waals surface area contributed by atoms with Gasteiger partial charge < -0.3 is 14.4 Å². The van der Waals surface area contributed by atoms with Gasteiger partial charge in [0.05, 0.1) is 20.3 Å². The van der Waals surface area contributed by atoms with Crippen LogP contribution in [0.5, 0.6) is 5.75 Å². The number of hydrogen-bond donors (Lipinski definition) is 0. The van der Waals surface area contributed by atoms with Gasteiger partial charge in [0.25, 0.3) is 5.91 Å². The molecule has 2 aromatic rings. The lowest BCUT2D eigenvalue weighted by Crippen LogP contribution is -2.42. The monoisotopic (exact) mass is 316 g/mol. The minimum atomic E-state index is -0.544. The summed E-state index contributed by atoms with van der Waals surface area (Å²) in [7, 11) is 1.39. The lowest BCUT2D eigenvalue weighted by atomic mass is 10.1. The summed E-state index contributed by atoms with van der Waals surface area (Å²) >= 11 is 0. The van der Waals surface area contributed by atoms with Gasteiger partial charge in [0.2, 0.25) is 0 Å². The number of amides is 1. The summed E-state index contributed by atoms with van der Waals surface area (Å²) in [6.45, 7) is 1.35. The van der Waals surface area contributed by atoms with Crippen molar-refractivity contribution >= 4 is 5.91 Å². The quantitative estimate of drug-likeness (QED) is 0.873. The Morgan fingerprint density at radius 1 is 1.35 bits per heavy atom. The molecule has 120 valence electrons. The van der Waals surface area contributed by atoms with Gasteiger partial charge in [-0.3, -0.25) is 9.78 Å². The van der Waals surface area contributed by atoms with Gasteiger partial charge in [-0.25, -0.2) is 4.39 Å². The van der Waals surface area contributed by atoms with E-state index in [-0.39, 0.29) is 17.8 Å². The van der Waals surface area contributed by atoms with Crippen molar-refractivity contribution < 1.29 is 18.7 Å². The Bertz CT molecular complexity index is 693. The van der Waals surface area contributed by atoms with Crippen LogP contribution in [0, 0.1) is 5.82 Å². The number of rotatable bonds is 3. The predicted octanol–water partition coefficient (Wildman–Crippen LogP) is 2.44. The van der Waals surface area contributed by atoms with E-state index in [4.69, 9.17) is 9.47 Å². The highest BCUT2D eigenvalue weighted by Crippen LogP contribution is 2.24. The molecule has 1 aromatic carbocycles. The second kappa shape index (κ2) is 6.75. The minimum absolute atomic E-state index is 0.123. The molecule has 1 atom stereocenters. The van der Waals surface area contributed by atoms with E-state index in [1.54, 1.807) is 23.4 Å². The van der Waals surface area contributed by atoms with Crippen molar-refractivity contribution in [3.63, 3.8) is 0 Å². The third-order valence-electron chi connectivity index (χ3n) is 3.83. The molecule has 5 nitrogen and oxygen atoms in total. The number of carbonyl (C=O) groups excluding carboxylic acids is 1. The van der Waals surface area contributed by atoms with Crippen LogP contribution in [0.4, 0.5) is 4.39 Å². The zero-order chi connectivity index (χ0) is 16.2. The number of methoxy groups -OCH3 is 1. The van der Waals surface area contributed by atoms with Crippen LogP contribution in [0.25, 0.3) is 0 Å². The molecule has 0 bridgehead atoms. The van der Waals surface area contributed by atoms with Crippen molar-refractivity contribution in [1.29, 1.82) is 0 Å². The molecule has 1 aromatic heterocycles. The van der Waals surface area contributed by atoms with Crippen molar-refractivity contribution in [2.24, 2.45) is 0 Å². The fourth-order valence-corrected chi connectivity index (χ4v) is 2.60. The topological polar surface area (TPSA) is 51.7 Å². The molecule has 23 heavy (non-hydrogen) atoms. The largest absolute Gasteiger partial charge is 0.494 e. The Balaban J connectivity index is 1.76. The van der Waals surface area contributed by atoms with Crippen LogP contribution in [-0.4, -0.2) is 42.6 Å². The zero-order valence-electron chi connectivity index (χ0n) is 12.7. The second-order valence-electron chi connectivity index (χ2n) is 5.24. The highest BCUT2D eigenvalue weighted by Gasteiger charge is 2.26. The van der Waals surface area contributed by atoms with Crippen LogP contribution < -0.4 is 4.74 Å². The first-order chi connectivity index (χ1) is 11.2. The summed E-state index contributed by atoms with van der Waals surface area (Å²) in [6.07, 6.45) is 3.19. The summed E-state index contributed by atoms with van der Waals surface area (Å²) in [5.41, 5.74) is 1.28. The Labute approximate surface area is 133 Å². The van der Waals surface area contributed by atoms with Crippen LogP contribution in [0.15, 0.2) is 42.7 Å². The van der Waals surface area contributed by atoms with E-state index in [2.05, 4.69) is 4.98 Å². The molecule has 0 saturated carbocycles. The van der Waals surface area contributed by atoms with Crippen molar-refractivity contribution in [3.05, 3.63) is 59.7 Å². The van der Waals surface area contributed by atoms with Crippen LogP contribution in [-0.2, 0) is 4.74 Å². The summed E-state index contributed by atoms with van der Waals surface area (Å²) in [5, 5.41) is 0. The van der Waals surface area contributed by atoms with E-state index in [1.807, 2.05) is 12.1 Å². The third kappa shape index (κ3) is 3.32. The van der Waals surface area contributed by atoms with Gasteiger partial charge in [-0.1, -0.05) is 0 Å². The molecule has 0 spiro atoms. The molecule has 0 N–H and O–H groups in total. The number of halogens is 1. The van der Waals surface area contributed by atoms with E-state index < -0.39 is 5.82 Å². The second-order valence-corrected chi connectivity index (χ2v) is 5.24. The van der Waals surface area contributed by atoms with Crippen LogP contribution in [0.2, 0.25) is 0 Å². The first-order valence-corrected chi connectivity index (χ1v) is 7.33. The van der Waals surface area contributed by atoms with E-state index in [9.17, 15) is 9.18 Å². The number of aromatic nitrogens is 1. The number of morpholine rings is 1. The Hall–Kier alpha value is -2.47. The fraction of sp³-hybridized carbons (Fsp3) is 0.294. The van der Waals surface area contributed by atoms with Gasteiger partial charge in [-0.2, -0.15) is 0 Å². The molecule has 3 rings (SSSR count).